The highest BCUT2D eigenvalue weighted by Gasteiger charge is 2.23. The predicted molar refractivity (Wildman–Crippen MR) is 113 cm³/mol. The predicted octanol–water partition coefficient (Wildman–Crippen LogP) is 0.977. The van der Waals surface area contributed by atoms with Gasteiger partial charge in [-0.05, 0) is 37.5 Å². The Labute approximate surface area is 176 Å². The van der Waals surface area contributed by atoms with Gasteiger partial charge in [0.25, 0.3) is 0 Å². The van der Waals surface area contributed by atoms with E-state index in [-0.39, 0.29) is 53.5 Å². The molecule has 9 nitrogen and oxygen atoms in total. The summed E-state index contributed by atoms with van der Waals surface area (Å²) in [6.07, 6.45) is 1.20. The Morgan fingerprint density at radius 3 is 2.63 bits per heavy atom. The van der Waals surface area contributed by atoms with Crippen molar-refractivity contribution in [3.05, 3.63) is 29.8 Å². The maximum Gasteiger partial charge on any atom is 0.409 e. The standard InChI is InChI=1S/C16H25N5O4S.HI/c1-2-25-16(22)21-8-6-13(7-9-21)20-15(17)19-11-12-4-3-5-14(10-12)26(18,23)24;/h3-5,10,13H,2,6-9,11H2,1H3,(H3,17,19,20)(H2,18,23,24);1H. The molecule has 0 unspecified atom stereocenters. The molecule has 1 amide bonds. The van der Waals surface area contributed by atoms with Gasteiger partial charge in [0.15, 0.2) is 5.96 Å². The summed E-state index contributed by atoms with van der Waals surface area (Å²) in [7, 11) is -3.74. The molecule has 0 aromatic heterocycles. The van der Waals surface area contributed by atoms with Gasteiger partial charge in [-0.2, -0.15) is 0 Å². The zero-order valence-electron chi connectivity index (χ0n) is 15.1. The molecular weight excluding hydrogens is 485 g/mol. The molecule has 1 fully saturated rings. The van der Waals surface area contributed by atoms with Crippen LogP contribution in [0.15, 0.2) is 34.2 Å². The molecule has 1 aromatic carbocycles. The Kier molecular flexibility index (Phi) is 9.26. The molecule has 0 radical (unpaired) electrons. The largest absolute Gasteiger partial charge is 0.450 e. The minimum atomic E-state index is -3.74. The van der Waals surface area contributed by atoms with Crippen LogP contribution in [0.4, 0.5) is 4.79 Å². The van der Waals surface area contributed by atoms with E-state index >= 15 is 0 Å². The molecule has 2 rings (SSSR count). The minimum absolute atomic E-state index is 0. The number of halogens is 1. The van der Waals surface area contributed by atoms with Crippen molar-refractivity contribution in [3.8, 4) is 0 Å². The van der Waals surface area contributed by atoms with Gasteiger partial charge in [0.05, 0.1) is 18.0 Å². The molecule has 0 aliphatic carbocycles. The molecule has 0 atom stereocenters. The van der Waals surface area contributed by atoms with Crippen molar-refractivity contribution in [1.29, 1.82) is 0 Å². The fourth-order valence-electron chi connectivity index (χ4n) is 2.67. The molecule has 1 aliphatic rings. The highest BCUT2D eigenvalue weighted by atomic mass is 127. The SMILES string of the molecule is CCOC(=O)N1CCC(NC(N)=NCc2cccc(S(N)(=O)=O)c2)CC1.I. The number of hydrogen-bond donors (Lipinski definition) is 3. The number of nitrogens with zero attached hydrogens (tertiary/aromatic N) is 2. The number of hydrogen-bond acceptors (Lipinski definition) is 5. The molecule has 0 spiro atoms. The Morgan fingerprint density at radius 1 is 1.37 bits per heavy atom. The number of amides is 1. The van der Waals surface area contributed by atoms with Crippen molar-refractivity contribution in [2.75, 3.05) is 19.7 Å². The van der Waals surface area contributed by atoms with E-state index in [1.807, 2.05) is 0 Å². The lowest BCUT2D eigenvalue weighted by Gasteiger charge is -2.31. The quantitative estimate of drug-likeness (QED) is 0.306. The van der Waals surface area contributed by atoms with E-state index in [0.29, 0.717) is 25.3 Å². The summed E-state index contributed by atoms with van der Waals surface area (Å²) in [5.41, 5.74) is 6.60. The zero-order chi connectivity index (χ0) is 19.2. The second-order valence-electron chi connectivity index (χ2n) is 6.00. The van der Waals surface area contributed by atoms with E-state index in [9.17, 15) is 13.2 Å². The zero-order valence-corrected chi connectivity index (χ0v) is 18.3. The van der Waals surface area contributed by atoms with Crippen LogP contribution >= 0.6 is 24.0 Å². The van der Waals surface area contributed by atoms with E-state index in [4.69, 9.17) is 15.6 Å². The van der Waals surface area contributed by atoms with Crippen LogP contribution < -0.4 is 16.2 Å². The molecular formula is C16H26IN5O4S. The Hall–Kier alpha value is -1.60. The lowest BCUT2D eigenvalue weighted by molar-refractivity contribution is 0.0963. The van der Waals surface area contributed by atoms with Crippen LogP contribution in [0.5, 0.6) is 0 Å². The number of ether oxygens (including phenoxy) is 1. The van der Waals surface area contributed by atoms with Crippen molar-refractivity contribution in [2.24, 2.45) is 15.9 Å². The summed E-state index contributed by atoms with van der Waals surface area (Å²) in [5.74, 6) is 0.278. The molecule has 152 valence electrons. The number of piperidine rings is 1. The molecule has 27 heavy (non-hydrogen) atoms. The smallest absolute Gasteiger partial charge is 0.409 e. The summed E-state index contributed by atoms with van der Waals surface area (Å²) in [4.78, 5) is 17.6. The van der Waals surface area contributed by atoms with Gasteiger partial charge in [-0.1, -0.05) is 12.1 Å². The number of sulfonamides is 1. The van der Waals surface area contributed by atoms with Crippen molar-refractivity contribution in [2.45, 2.75) is 37.2 Å². The van der Waals surface area contributed by atoms with E-state index < -0.39 is 10.0 Å². The summed E-state index contributed by atoms with van der Waals surface area (Å²) in [6.45, 7) is 3.58. The first-order chi connectivity index (χ1) is 12.3. The number of guanidine groups is 1. The van der Waals surface area contributed by atoms with Crippen LogP contribution in [0.2, 0.25) is 0 Å². The number of primary sulfonamides is 1. The number of carbonyl (C=O) groups excluding carboxylic acids is 1. The average molecular weight is 511 g/mol. The van der Waals surface area contributed by atoms with Crippen LogP contribution in [0.1, 0.15) is 25.3 Å². The lowest BCUT2D eigenvalue weighted by Crippen LogP contribution is -2.48. The number of likely N-dealkylation sites (tertiary alicyclic amines) is 1. The Balaban J connectivity index is 0.00000364. The van der Waals surface area contributed by atoms with Crippen LogP contribution in [-0.2, 0) is 21.3 Å². The fourth-order valence-corrected chi connectivity index (χ4v) is 3.26. The fraction of sp³-hybridized carbons (Fsp3) is 0.500. The van der Waals surface area contributed by atoms with Crippen LogP contribution in [0, 0.1) is 0 Å². The number of nitrogens with one attached hydrogen (secondary N) is 1. The summed E-state index contributed by atoms with van der Waals surface area (Å²) < 4.78 is 27.7. The highest BCUT2D eigenvalue weighted by molar-refractivity contribution is 14.0. The van der Waals surface area contributed by atoms with E-state index in [0.717, 1.165) is 12.8 Å². The van der Waals surface area contributed by atoms with Crippen molar-refractivity contribution >= 4 is 46.1 Å². The molecule has 11 heteroatoms. The third-order valence-corrected chi connectivity index (χ3v) is 4.94. The maximum absolute atomic E-state index is 11.7. The minimum Gasteiger partial charge on any atom is -0.450 e. The van der Waals surface area contributed by atoms with E-state index in [1.165, 1.54) is 12.1 Å². The normalized spacial score (nSPS) is 15.8. The first-order valence-corrected chi connectivity index (χ1v) is 9.94. The number of rotatable bonds is 5. The van der Waals surface area contributed by atoms with Gasteiger partial charge in [-0.15, -0.1) is 24.0 Å². The maximum atomic E-state index is 11.7. The van der Waals surface area contributed by atoms with Crippen molar-refractivity contribution in [3.63, 3.8) is 0 Å². The van der Waals surface area contributed by atoms with E-state index in [1.54, 1.807) is 24.0 Å². The first-order valence-electron chi connectivity index (χ1n) is 8.39. The molecule has 1 heterocycles. The molecule has 0 bridgehead atoms. The van der Waals surface area contributed by atoms with Crippen LogP contribution in [0.25, 0.3) is 0 Å². The topological polar surface area (TPSA) is 140 Å². The summed E-state index contributed by atoms with van der Waals surface area (Å²) in [5, 5.41) is 8.25. The Bertz CT molecular complexity index is 764. The monoisotopic (exact) mass is 511 g/mol. The Morgan fingerprint density at radius 2 is 2.04 bits per heavy atom. The van der Waals surface area contributed by atoms with Gasteiger partial charge in [0.1, 0.15) is 0 Å². The van der Waals surface area contributed by atoms with Gasteiger partial charge < -0.3 is 20.7 Å². The molecule has 1 saturated heterocycles. The number of aliphatic imine (C=N–C) groups is 1. The van der Waals surface area contributed by atoms with Gasteiger partial charge in [-0.25, -0.2) is 23.3 Å². The number of benzene rings is 1. The van der Waals surface area contributed by atoms with Crippen LogP contribution in [-0.4, -0.2) is 51.1 Å². The second-order valence-corrected chi connectivity index (χ2v) is 7.56. The first kappa shape index (κ1) is 23.4. The lowest BCUT2D eigenvalue weighted by atomic mass is 10.1. The molecule has 5 N–H and O–H groups in total. The number of nitrogens with two attached hydrogens (primary N) is 2. The highest BCUT2D eigenvalue weighted by Crippen LogP contribution is 2.12. The third kappa shape index (κ3) is 7.50. The summed E-state index contributed by atoms with van der Waals surface area (Å²) >= 11 is 0. The molecule has 1 aromatic rings. The van der Waals surface area contributed by atoms with Gasteiger partial charge in [0.2, 0.25) is 10.0 Å². The second kappa shape index (κ2) is 10.7. The average Bonchev–Trinajstić information content (AvgIpc) is 2.60. The van der Waals surface area contributed by atoms with Crippen molar-refractivity contribution in [1.82, 2.24) is 10.2 Å². The molecule has 1 aliphatic heterocycles. The number of carbonyl (C=O) groups is 1. The van der Waals surface area contributed by atoms with E-state index in [2.05, 4.69) is 10.3 Å². The van der Waals surface area contributed by atoms with Crippen molar-refractivity contribution < 1.29 is 17.9 Å². The molecule has 0 saturated carbocycles. The third-order valence-electron chi connectivity index (χ3n) is 4.03. The summed E-state index contributed by atoms with van der Waals surface area (Å²) in [6, 6.07) is 6.40. The van der Waals surface area contributed by atoms with Gasteiger partial charge in [-0.3, -0.25) is 0 Å². The van der Waals surface area contributed by atoms with Gasteiger partial charge in [0, 0.05) is 19.1 Å². The van der Waals surface area contributed by atoms with Gasteiger partial charge >= 0.3 is 6.09 Å². The van der Waals surface area contributed by atoms with Crippen LogP contribution in [0.3, 0.4) is 0 Å².